The highest BCUT2D eigenvalue weighted by atomic mass is 79.9. The van der Waals surface area contributed by atoms with E-state index in [1.54, 1.807) is 18.5 Å². The minimum absolute atomic E-state index is 0. The van der Waals surface area contributed by atoms with Gasteiger partial charge in [-0.1, -0.05) is 0 Å². The Morgan fingerprint density at radius 3 is 2.88 bits per heavy atom. The number of halogens is 1. The average Bonchev–Trinajstić information content (AvgIpc) is 2.26. The molecule has 2 heterocycles. The maximum atomic E-state index is 9.68. The van der Waals surface area contributed by atoms with Gasteiger partial charge in [-0.25, -0.2) is 0 Å². The van der Waals surface area contributed by atoms with Crippen molar-refractivity contribution >= 4 is 39.5 Å². The normalized spacial score (nSPS) is 12.0. The van der Waals surface area contributed by atoms with Crippen molar-refractivity contribution in [2.45, 2.75) is 0 Å². The Bertz CT molecular complexity index is 596. The van der Waals surface area contributed by atoms with Crippen molar-refractivity contribution in [3.63, 3.8) is 0 Å². The van der Waals surface area contributed by atoms with Crippen LogP contribution in [0.4, 0.5) is 5.69 Å². The zero-order chi connectivity index (χ0) is 10.4. The summed E-state index contributed by atoms with van der Waals surface area (Å²) in [6.07, 6.45) is 5.18. The molecule has 0 bridgehead atoms. The fraction of sp³-hybridized carbons (Fsp3) is 0. The number of rotatable bonds is 0. The first kappa shape index (κ1) is 10.8. The lowest BCUT2D eigenvalue weighted by Crippen LogP contribution is -1.98. The lowest BCUT2D eigenvalue weighted by atomic mass is 10.0. The summed E-state index contributed by atoms with van der Waals surface area (Å²) < 4.78 is 0. The smallest absolute Gasteiger partial charge is 0.182 e. The molecule has 1 aliphatic heterocycles. The van der Waals surface area contributed by atoms with Gasteiger partial charge in [0.1, 0.15) is 0 Å². The number of aromatic nitrogens is 1. The molecule has 0 saturated heterocycles. The molecule has 1 aliphatic rings. The van der Waals surface area contributed by atoms with E-state index >= 15 is 0 Å². The molecular formula is C11H9BrN2O2. The number of phenols is 2. The second kappa shape index (κ2) is 3.68. The molecule has 82 valence electrons. The molecule has 0 saturated carbocycles. The van der Waals surface area contributed by atoms with E-state index in [0.29, 0.717) is 5.69 Å². The molecule has 0 unspecified atom stereocenters. The summed E-state index contributed by atoms with van der Waals surface area (Å²) in [4.78, 5) is 4.19. The minimum Gasteiger partial charge on any atom is -0.504 e. The number of nitrogens with zero attached hydrogens (tertiary/aromatic N) is 1. The molecule has 0 radical (unpaired) electrons. The van der Waals surface area contributed by atoms with Gasteiger partial charge in [-0.2, -0.15) is 0 Å². The van der Waals surface area contributed by atoms with Gasteiger partial charge < -0.3 is 15.5 Å². The van der Waals surface area contributed by atoms with E-state index in [-0.39, 0.29) is 28.5 Å². The van der Waals surface area contributed by atoms with Crippen LogP contribution >= 0.6 is 17.0 Å². The van der Waals surface area contributed by atoms with Gasteiger partial charge in [-0.3, -0.25) is 4.98 Å². The Balaban J connectivity index is 0.000000963. The average molecular weight is 281 g/mol. The van der Waals surface area contributed by atoms with Crippen molar-refractivity contribution in [3.05, 3.63) is 30.2 Å². The van der Waals surface area contributed by atoms with Crippen molar-refractivity contribution in [2.75, 3.05) is 5.32 Å². The van der Waals surface area contributed by atoms with Gasteiger partial charge in [0.25, 0.3) is 0 Å². The highest BCUT2D eigenvalue weighted by Crippen LogP contribution is 2.42. The summed E-state index contributed by atoms with van der Waals surface area (Å²) in [6, 6.07) is 3.32. The van der Waals surface area contributed by atoms with Crippen LogP contribution in [0.15, 0.2) is 24.5 Å². The first-order valence-corrected chi connectivity index (χ1v) is 4.54. The number of pyridine rings is 1. The Hall–Kier alpha value is -1.75. The van der Waals surface area contributed by atoms with Gasteiger partial charge in [-0.05, 0) is 23.6 Å². The Labute approximate surface area is 102 Å². The number of hydrogen-bond donors (Lipinski definition) is 3. The fourth-order valence-electron chi connectivity index (χ4n) is 1.82. The number of nitrogens with one attached hydrogen (secondary N) is 1. The SMILES string of the molecule is Br.Oc1cc2ccnc3c2c(c1O)NC=C3. The summed E-state index contributed by atoms with van der Waals surface area (Å²) in [5.41, 5.74) is 1.30. The van der Waals surface area contributed by atoms with Gasteiger partial charge in [0.2, 0.25) is 0 Å². The maximum Gasteiger partial charge on any atom is 0.182 e. The van der Waals surface area contributed by atoms with Crippen molar-refractivity contribution in [1.82, 2.24) is 4.98 Å². The van der Waals surface area contributed by atoms with Crippen LogP contribution in [-0.4, -0.2) is 15.2 Å². The van der Waals surface area contributed by atoms with Gasteiger partial charge in [0.05, 0.1) is 11.4 Å². The second-order valence-corrected chi connectivity index (χ2v) is 3.39. The zero-order valence-electron chi connectivity index (χ0n) is 8.14. The number of benzene rings is 1. The van der Waals surface area contributed by atoms with Gasteiger partial charge in [0.15, 0.2) is 11.5 Å². The highest BCUT2D eigenvalue weighted by molar-refractivity contribution is 8.93. The molecule has 4 nitrogen and oxygen atoms in total. The van der Waals surface area contributed by atoms with Gasteiger partial charge in [0, 0.05) is 17.8 Å². The molecule has 3 N–H and O–H groups in total. The molecule has 3 rings (SSSR count). The molecule has 2 aromatic rings. The van der Waals surface area contributed by atoms with Crippen LogP contribution in [-0.2, 0) is 0 Å². The summed E-state index contributed by atoms with van der Waals surface area (Å²) in [5.74, 6) is -0.265. The summed E-state index contributed by atoms with van der Waals surface area (Å²) in [7, 11) is 0. The van der Waals surface area contributed by atoms with Crippen molar-refractivity contribution in [1.29, 1.82) is 0 Å². The van der Waals surface area contributed by atoms with Crippen molar-refractivity contribution in [2.24, 2.45) is 0 Å². The molecule has 0 atom stereocenters. The van der Waals surface area contributed by atoms with E-state index < -0.39 is 0 Å². The summed E-state index contributed by atoms with van der Waals surface area (Å²) in [6.45, 7) is 0. The molecule has 16 heavy (non-hydrogen) atoms. The molecule has 0 amide bonds. The number of aromatic hydroxyl groups is 2. The van der Waals surface area contributed by atoms with Crippen LogP contribution in [0.1, 0.15) is 5.69 Å². The lowest BCUT2D eigenvalue weighted by Gasteiger charge is -2.15. The lowest BCUT2D eigenvalue weighted by molar-refractivity contribution is 0.406. The number of phenolic OH excluding ortho intramolecular Hbond substituents is 2. The van der Waals surface area contributed by atoms with E-state index in [2.05, 4.69) is 10.3 Å². The predicted molar refractivity (Wildman–Crippen MR) is 68.1 cm³/mol. The van der Waals surface area contributed by atoms with Gasteiger partial charge >= 0.3 is 0 Å². The largest absolute Gasteiger partial charge is 0.504 e. The third-order valence-corrected chi connectivity index (χ3v) is 2.50. The molecule has 0 aliphatic carbocycles. The van der Waals surface area contributed by atoms with Crippen LogP contribution in [0.25, 0.3) is 16.8 Å². The van der Waals surface area contributed by atoms with Crippen LogP contribution in [0.2, 0.25) is 0 Å². The fourth-order valence-corrected chi connectivity index (χ4v) is 1.82. The van der Waals surface area contributed by atoms with Gasteiger partial charge in [-0.15, -0.1) is 17.0 Å². The van der Waals surface area contributed by atoms with E-state index in [0.717, 1.165) is 16.5 Å². The maximum absolute atomic E-state index is 9.68. The molecule has 0 fully saturated rings. The predicted octanol–water partition coefficient (Wildman–Crippen LogP) is 2.62. The third kappa shape index (κ3) is 1.32. The van der Waals surface area contributed by atoms with E-state index in [1.165, 1.54) is 6.07 Å². The Morgan fingerprint density at radius 1 is 1.25 bits per heavy atom. The van der Waals surface area contributed by atoms with E-state index in [9.17, 15) is 10.2 Å². The number of anilines is 1. The molecule has 1 aromatic heterocycles. The molecule has 5 heteroatoms. The van der Waals surface area contributed by atoms with E-state index in [4.69, 9.17) is 0 Å². The zero-order valence-corrected chi connectivity index (χ0v) is 9.85. The van der Waals surface area contributed by atoms with Crippen LogP contribution in [0.3, 0.4) is 0 Å². The third-order valence-electron chi connectivity index (χ3n) is 2.50. The standard InChI is InChI=1S/C11H8N2O2.BrH/c14-8-5-6-1-3-12-7-2-4-13-10(9(6)7)11(8)15;/h1-5,13-15H;1H. The second-order valence-electron chi connectivity index (χ2n) is 3.39. The number of hydrogen-bond acceptors (Lipinski definition) is 4. The summed E-state index contributed by atoms with van der Waals surface area (Å²) >= 11 is 0. The monoisotopic (exact) mass is 280 g/mol. The van der Waals surface area contributed by atoms with Crippen LogP contribution < -0.4 is 5.32 Å². The van der Waals surface area contributed by atoms with Crippen LogP contribution in [0.5, 0.6) is 11.5 Å². The van der Waals surface area contributed by atoms with Crippen LogP contribution in [0, 0.1) is 0 Å². The quantitative estimate of drug-likeness (QED) is 0.649. The van der Waals surface area contributed by atoms with E-state index in [1.807, 2.05) is 6.08 Å². The molecule has 1 aromatic carbocycles. The first-order valence-electron chi connectivity index (χ1n) is 4.54. The topological polar surface area (TPSA) is 65.4 Å². The summed E-state index contributed by atoms with van der Waals surface area (Å²) in [5, 5.41) is 23.8. The van der Waals surface area contributed by atoms with Crippen molar-refractivity contribution < 1.29 is 10.2 Å². The molecule has 0 spiro atoms. The Kier molecular flexibility index (Phi) is 2.47. The Morgan fingerprint density at radius 2 is 2.06 bits per heavy atom. The molecular weight excluding hydrogens is 272 g/mol. The van der Waals surface area contributed by atoms with Crippen molar-refractivity contribution in [3.8, 4) is 11.5 Å². The first-order chi connectivity index (χ1) is 7.27. The minimum atomic E-state index is -0.138. The highest BCUT2D eigenvalue weighted by Gasteiger charge is 2.16.